The Morgan fingerprint density at radius 2 is 1.33 bits per heavy atom. The number of carbonyl (C=O) groups is 5. The van der Waals surface area contributed by atoms with Crippen molar-refractivity contribution in [1.29, 1.82) is 0 Å². The van der Waals surface area contributed by atoms with E-state index in [1.165, 1.54) is 7.11 Å². The summed E-state index contributed by atoms with van der Waals surface area (Å²) in [6.07, 6.45) is -1.28. The quantitative estimate of drug-likeness (QED) is 0.200. The molecule has 0 aromatic heterocycles. The van der Waals surface area contributed by atoms with Crippen LogP contribution < -0.4 is 16.0 Å². The number of nitrogens with one attached hydrogen (secondary N) is 3. The van der Waals surface area contributed by atoms with Crippen LogP contribution in [0.4, 0.5) is 9.59 Å². The SMILES string of the molecule is C.C.COC(=O)C(CO)NC(=O)C(NC(=O)OC(C)(C)C)C(C)C.COC(=O)C1COC(C(NC(=O)OC(C)(C)C)C(C)C)=N1. The number of amides is 3. The lowest BCUT2D eigenvalue weighted by Gasteiger charge is -2.26. The maximum absolute atomic E-state index is 12.2. The molecule has 4 atom stereocenters. The maximum Gasteiger partial charge on any atom is 0.408 e. The fourth-order valence-electron chi connectivity index (χ4n) is 3.32. The monoisotopic (exact) mass is 650 g/mol. The van der Waals surface area contributed by atoms with Gasteiger partial charge in [-0.25, -0.2) is 24.2 Å². The molecule has 45 heavy (non-hydrogen) atoms. The van der Waals surface area contributed by atoms with Gasteiger partial charge >= 0.3 is 24.1 Å². The summed E-state index contributed by atoms with van der Waals surface area (Å²) in [5, 5.41) is 16.6. The van der Waals surface area contributed by atoms with E-state index in [0.717, 1.165) is 7.11 Å². The fourth-order valence-corrected chi connectivity index (χ4v) is 3.32. The van der Waals surface area contributed by atoms with Crippen LogP contribution in [0.15, 0.2) is 4.99 Å². The van der Waals surface area contributed by atoms with Gasteiger partial charge in [0, 0.05) is 0 Å². The molecule has 0 saturated carbocycles. The highest BCUT2D eigenvalue weighted by Gasteiger charge is 2.34. The highest BCUT2D eigenvalue weighted by Crippen LogP contribution is 2.15. The molecule has 0 fully saturated rings. The summed E-state index contributed by atoms with van der Waals surface area (Å²) in [5.41, 5.74) is -1.28. The Labute approximate surface area is 268 Å². The first-order valence-electron chi connectivity index (χ1n) is 13.9. The van der Waals surface area contributed by atoms with E-state index in [2.05, 4.69) is 30.4 Å². The Morgan fingerprint density at radius 1 is 0.844 bits per heavy atom. The number of esters is 2. The summed E-state index contributed by atoms with van der Waals surface area (Å²) in [6.45, 7) is 17.3. The minimum Gasteiger partial charge on any atom is -0.477 e. The molecule has 15 nitrogen and oxygen atoms in total. The molecule has 0 aliphatic carbocycles. The lowest BCUT2D eigenvalue weighted by atomic mass is 10.0. The molecule has 1 aliphatic rings. The largest absolute Gasteiger partial charge is 0.477 e. The number of rotatable bonds is 10. The molecule has 0 saturated heterocycles. The van der Waals surface area contributed by atoms with Crippen molar-refractivity contribution in [2.45, 2.75) is 119 Å². The van der Waals surface area contributed by atoms with Crippen molar-refractivity contribution >= 4 is 35.9 Å². The third-order valence-electron chi connectivity index (χ3n) is 5.36. The number of aliphatic hydroxyl groups excluding tert-OH is 1. The number of methoxy groups -OCH3 is 2. The predicted octanol–water partition coefficient (Wildman–Crippen LogP) is 2.96. The van der Waals surface area contributed by atoms with Crippen LogP contribution in [0.2, 0.25) is 0 Å². The Balaban J connectivity index is -0.000000751. The van der Waals surface area contributed by atoms with Crippen LogP contribution in [0.1, 0.15) is 84.1 Å². The van der Waals surface area contributed by atoms with Gasteiger partial charge in [0.2, 0.25) is 11.8 Å². The van der Waals surface area contributed by atoms with Crippen LogP contribution in [-0.4, -0.2) is 104 Å². The first kappa shape index (κ1) is 45.8. The molecule has 4 unspecified atom stereocenters. The van der Waals surface area contributed by atoms with Gasteiger partial charge in [-0.05, 0) is 53.4 Å². The Bertz CT molecular complexity index is 985. The Kier molecular flexibility index (Phi) is 20.8. The number of carbonyl (C=O) groups excluding carboxylic acids is 5. The van der Waals surface area contributed by atoms with Crippen molar-refractivity contribution in [2.24, 2.45) is 16.8 Å². The highest BCUT2D eigenvalue weighted by atomic mass is 16.6. The number of nitrogens with zero attached hydrogens (tertiary/aromatic N) is 1. The number of hydrogen-bond donors (Lipinski definition) is 4. The first-order chi connectivity index (χ1) is 19.6. The predicted molar refractivity (Wildman–Crippen MR) is 170 cm³/mol. The zero-order valence-electron chi connectivity index (χ0n) is 27.4. The van der Waals surface area contributed by atoms with E-state index in [4.69, 9.17) is 19.3 Å². The van der Waals surface area contributed by atoms with Gasteiger partial charge in [0.1, 0.15) is 29.9 Å². The smallest absolute Gasteiger partial charge is 0.408 e. The standard InChI is InChI=1S/C14H26N2O6.C14H24N2O5.2CH4/c1-8(2)10(16-13(20)22-14(3,4)5)11(18)15-9(7-17)12(19)21-6;1-8(2)10(16-13(18)21-14(3,4)5)11-15-9(7-20-11)12(17)19-6;;/h8-10,17H,7H2,1-6H3,(H,15,18)(H,16,20);8-10H,7H2,1-6H3,(H,16,18);2*1H4. The van der Waals surface area contributed by atoms with Crippen LogP contribution in [0, 0.1) is 11.8 Å². The average Bonchev–Trinajstić information content (AvgIpc) is 3.35. The van der Waals surface area contributed by atoms with Gasteiger partial charge in [-0.15, -0.1) is 0 Å². The van der Waals surface area contributed by atoms with Crippen molar-refractivity contribution in [1.82, 2.24) is 16.0 Å². The van der Waals surface area contributed by atoms with Crippen LogP contribution in [0.3, 0.4) is 0 Å². The van der Waals surface area contributed by atoms with Gasteiger partial charge in [-0.3, -0.25) is 4.79 Å². The van der Waals surface area contributed by atoms with Gasteiger partial charge in [-0.1, -0.05) is 42.5 Å². The minimum atomic E-state index is -1.18. The third kappa shape index (κ3) is 18.1. The summed E-state index contributed by atoms with van der Waals surface area (Å²) < 4.78 is 24.8. The van der Waals surface area contributed by atoms with Crippen LogP contribution in [-0.2, 0) is 38.1 Å². The second-order valence-corrected chi connectivity index (χ2v) is 12.3. The van der Waals surface area contributed by atoms with Gasteiger partial charge in [-0.2, -0.15) is 0 Å². The van der Waals surface area contributed by atoms with E-state index in [1.54, 1.807) is 55.4 Å². The van der Waals surface area contributed by atoms with Crippen molar-refractivity contribution in [3.05, 3.63) is 0 Å². The molecule has 15 heteroatoms. The molecule has 0 radical (unpaired) electrons. The van der Waals surface area contributed by atoms with Crippen LogP contribution in [0.25, 0.3) is 0 Å². The molecule has 3 amide bonds. The molecule has 0 bridgehead atoms. The Morgan fingerprint density at radius 3 is 1.71 bits per heavy atom. The molecule has 4 N–H and O–H groups in total. The minimum absolute atomic E-state index is 0. The third-order valence-corrected chi connectivity index (χ3v) is 5.36. The van der Waals surface area contributed by atoms with E-state index in [9.17, 15) is 24.0 Å². The summed E-state index contributed by atoms with van der Waals surface area (Å²) >= 11 is 0. The zero-order chi connectivity index (χ0) is 33.7. The summed E-state index contributed by atoms with van der Waals surface area (Å²) in [4.78, 5) is 62.8. The summed E-state index contributed by atoms with van der Waals surface area (Å²) in [6, 6.07) is -3.21. The van der Waals surface area contributed by atoms with Gasteiger partial charge in [0.15, 0.2) is 12.1 Å². The number of aliphatic hydroxyl groups is 1. The summed E-state index contributed by atoms with van der Waals surface area (Å²) in [5.74, 6) is -1.71. The molecule has 1 rings (SSSR count). The zero-order valence-corrected chi connectivity index (χ0v) is 27.4. The van der Waals surface area contributed by atoms with Crippen molar-refractivity contribution in [3.8, 4) is 0 Å². The molecule has 0 aromatic rings. The van der Waals surface area contributed by atoms with Crippen LogP contribution in [0.5, 0.6) is 0 Å². The number of alkyl carbamates (subject to hydrolysis) is 2. The molecule has 1 aliphatic heterocycles. The highest BCUT2D eigenvalue weighted by molar-refractivity contribution is 5.91. The molecular formula is C30H58N4O11. The van der Waals surface area contributed by atoms with Gasteiger partial charge in [0.25, 0.3) is 0 Å². The number of ether oxygens (including phenoxy) is 5. The molecule has 1 heterocycles. The fraction of sp³-hybridized carbons (Fsp3) is 0.800. The van der Waals surface area contributed by atoms with Gasteiger partial charge < -0.3 is 44.7 Å². The van der Waals surface area contributed by atoms with Crippen molar-refractivity contribution < 1.29 is 52.8 Å². The molecule has 264 valence electrons. The van der Waals surface area contributed by atoms with Crippen molar-refractivity contribution in [3.63, 3.8) is 0 Å². The van der Waals surface area contributed by atoms with E-state index in [0.29, 0.717) is 5.90 Å². The lowest BCUT2D eigenvalue weighted by Crippen LogP contribution is -2.55. The molecular weight excluding hydrogens is 592 g/mol. The number of hydrogen-bond acceptors (Lipinski definition) is 12. The van der Waals surface area contributed by atoms with E-state index < -0.39 is 72.0 Å². The Hall–Kier alpha value is -3.62. The second-order valence-electron chi connectivity index (χ2n) is 12.3. The molecule has 0 aromatic carbocycles. The maximum atomic E-state index is 12.2. The van der Waals surface area contributed by atoms with Gasteiger partial charge in [0.05, 0.1) is 20.8 Å². The lowest BCUT2D eigenvalue weighted by molar-refractivity contribution is -0.146. The topological polar surface area (TPSA) is 200 Å². The number of aliphatic imine (C=N–C) groups is 1. The van der Waals surface area contributed by atoms with E-state index in [-0.39, 0.29) is 33.3 Å². The van der Waals surface area contributed by atoms with Crippen LogP contribution >= 0.6 is 0 Å². The first-order valence-corrected chi connectivity index (χ1v) is 13.9. The van der Waals surface area contributed by atoms with E-state index in [1.807, 2.05) is 13.8 Å². The van der Waals surface area contributed by atoms with Crippen molar-refractivity contribution in [2.75, 3.05) is 27.4 Å². The normalized spacial score (nSPS) is 16.0. The van der Waals surface area contributed by atoms with E-state index >= 15 is 0 Å². The second kappa shape index (κ2) is 20.4. The summed E-state index contributed by atoms with van der Waals surface area (Å²) in [7, 11) is 2.45. The molecule has 0 spiro atoms. The average molecular weight is 651 g/mol.